The summed E-state index contributed by atoms with van der Waals surface area (Å²) in [5, 5.41) is 0. The van der Waals surface area contributed by atoms with Crippen LogP contribution in [0.25, 0.3) is 0 Å². The molecule has 0 unspecified atom stereocenters. The zero-order valence-electron chi connectivity index (χ0n) is 10.1. The molecule has 0 heterocycles. The van der Waals surface area contributed by atoms with Crippen molar-refractivity contribution in [2.75, 3.05) is 33.0 Å². The molecule has 2 N–H and O–H groups in total. The summed E-state index contributed by atoms with van der Waals surface area (Å²) < 4.78 is 6.61. The van der Waals surface area contributed by atoms with Gasteiger partial charge < -0.3 is 15.4 Å². The standard InChI is InChI=1S/C12H19BrN2O/c1-9-7-12(10(13)8-11(9)14)16-6-4-5-15(2)3/h7-8H,4-6,14H2,1-3H3. The molecule has 1 rings (SSSR count). The van der Waals surface area contributed by atoms with E-state index < -0.39 is 0 Å². The average Bonchev–Trinajstić information content (AvgIpc) is 2.19. The van der Waals surface area contributed by atoms with E-state index >= 15 is 0 Å². The van der Waals surface area contributed by atoms with Crippen molar-refractivity contribution in [3.8, 4) is 5.75 Å². The van der Waals surface area contributed by atoms with Crippen molar-refractivity contribution in [3.05, 3.63) is 22.2 Å². The first kappa shape index (κ1) is 13.3. The molecule has 1 aromatic carbocycles. The lowest BCUT2D eigenvalue weighted by Gasteiger charge is -2.12. The van der Waals surface area contributed by atoms with Gasteiger partial charge in [0.15, 0.2) is 0 Å². The molecule has 0 saturated carbocycles. The smallest absolute Gasteiger partial charge is 0.133 e. The van der Waals surface area contributed by atoms with Gasteiger partial charge in [0.1, 0.15) is 5.75 Å². The number of nitrogens with two attached hydrogens (primary N) is 1. The molecule has 0 radical (unpaired) electrons. The van der Waals surface area contributed by atoms with Gasteiger partial charge in [-0.2, -0.15) is 0 Å². The number of anilines is 1. The Kier molecular flexibility index (Phi) is 5.09. The third-order valence-electron chi connectivity index (χ3n) is 2.33. The lowest BCUT2D eigenvalue weighted by molar-refractivity contribution is 0.280. The molecule has 0 fully saturated rings. The highest BCUT2D eigenvalue weighted by Gasteiger charge is 2.04. The Morgan fingerprint density at radius 3 is 2.69 bits per heavy atom. The van der Waals surface area contributed by atoms with Crippen LogP contribution in [-0.2, 0) is 0 Å². The summed E-state index contributed by atoms with van der Waals surface area (Å²) in [5.41, 5.74) is 7.62. The number of aryl methyl sites for hydroxylation is 1. The number of rotatable bonds is 5. The Morgan fingerprint density at radius 2 is 2.06 bits per heavy atom. The maximum atomic E-state index is 5.79. The van der Waals surface area contributed by atoms with Crippen molar-refractivity contribution in [3.63, 3.8) is 0 Å². The molecule has 4 heteroatoms. The molecule has 0 aliphatic rings. The summed E-state index contributed by atoms with van der Waals surface area (Å²) in [4.78, 5) is 2.15. The van der Waals surface area contributed by atoms with Crippen LogP contribution in [0.3, 0.4) is 0 Å². The summed E-state index contributed by atoms with van der Waals surface area (Å²) in [5.74, 6) is 0.866. The van der Waals surface area contributed by atoms with Crippen molar-refractivity contribution < 1.29 is 4.74 Å². The van der Waals surface area contributed by atoms with Gasteiger partial charge in [-0.3, -0.25) is 0 Å². The lowest BCUT2D eigenvalue weighted by atomic mass is 10.2. The Bertz CT molecular complexity index is 353. The van der Waals surface area contributed by atoms with Gasteiger partial charge in [0, 0.05) is 12.2 Å². The number of ether oxygens (including phenoxy) is 1. The molecule has 1 aromatic rings. The molecule has 0 aliphatic heterocycles. The van der Waals surface area contributed by atoms with Crippen molar-refractivity contribution in [1.82, 2.24) is 4.90 Å². The highest BCUT2D eigenvalue weighted by atomic mass is 79.9. The second-order valence-electron chi connectivity index (χ2n) is 4.14. The van der Waals surface area contributed by atoms with E-state index in [0.717, 1.165) is 41.0 Å². The van der Waals surface area contributed by atoms with Gasteiger partial charge in [0.2, 0.25) is 0 Å². The van der Waals surface area contributed by atoms with Crippen molar-refractivity contribution in [2.24, 2.45) is 0 Å². The summed E-state index contributed by atoms with van der Waals surface area (Å²) in [6.07, 6.45) is 1.02. The predicted octanol–water partition coefficient (Wildman–Crippen LogP) is 2.67. The summed E-state index contributed by atoms with van der Waals surface area (Å²) in [6, 6.07) is 3.85. The molecule has 0 aliphatic carbocycles. The van der Waals surface area contributed by atoms with Gasteiger partial charge in [-0.1, -0.05) is 0 Å². The first-order valence-electron chi connectivity index (χ1n) is 5.34. The Balaban J connectivity index is 2.51. The molecular formula is C12H19BrN2O. The van der Waals surface area contributed by atoms with Gasteiger partial charge in [0.05, 0.1) is 11.1 Å². The molecule has 0 atom stereocenters. The summed E-state index contributed by atoms with van der Waals surface area (Å²) in [7, 11) is 4.12. The second kappa shape index (κ2) is 6.11. The van der Waals surface area contributed by atoms with Crippen LogP contribution in [-0.4, -0.2) is 32.1 Å². The molecule has 0 saturated heterocycles. The van der Waals surface area contributed by atoms with Gasteiger partial charge in [-0.15, -0.1) is 0 Å². The third-order valence-corrected chi connectivity index (χ3v) is 2.95. The van der Waals surface area contributed by atoms with E-state index in [2.05, 4.69) is 34.9 Å². The van der Waals surface area contributed by atoms with Gasteiger partial charge in [-0.05, 0) is 61.1 Å². The highest BCUT2D eigenvalue weighted by molar-refractivity contribution is 9.10. The normalized spacial score (nSPS) is 10.8. The van der Waals surface area contributed by atoms with Gasteiger partial charge >= 0.3 is 0 Å². The monoisotopic (exact) mass is 286 g/mol. The first-order chi connectivity index (χ1) is 7.50. The topological polar surface area (TPSA) is 38.5 Å². The van der Waals surface area contributed by atoms with Crippen molar-refractivity contribution >= 4 is 21.6 Å². The summed E-state index contributed by atoms with van der Waals surface area (Å²) in [6.45, 7) is 3.74. The highest BCUT2D eigenvalue weighted by Crippen LogP contribution is 2.29. The average molecular weight is 287 g/mol. The van der Waals surface area contributed by atoms with E-state index in [1.54, 1.807) is 0 Å². The fourth-order valence-electron chi connectivity index (χ4n) is 1.34. The molecule has 0 amide bonds. The van der Waals surface area contributed by atoms with Crippen LogP contribution in [0.1, 0.15) is 12.0 Å². The molecule has 3 nitrogen and oxygen atoms in total. The molecular weight excluding hydrogens is 268 g/mol. The number of nitrogen functional groups attached to an aromatic ring is 1. The fourth-order valence-corrected chi connectivity index (χ4v) is 1.82. The quantitative estimate of drug-likeness (QED) is 0.668. The van der Waals surface area contributed by atoms with Crippen LogP contribution < -0.4 is 10.5 Å². The van der Waals surface area contributed by atoms with E-state index in [-0.39, 0.29) is 0 Å². The second-order valence-corrected chi connectivity index (χ2v) is 5.00. The van der Waals surface area contributed by atoms with Crippen LogP contribution in [0.4, 0.5) is 5.69 Å². The largest absolute Gasteiger partial charge is 0.492 e. The van der Waals surface area contributed by atoms with Gasteiger partial charge in [-0.25, -0.2) is 0 Å². The zero-order valence-corrected chi connectivity index (χ0v) is 11.7. The minimum Gasteiger partial charge on any atom is -0.492 e. The molecule has 0 spiro atoms. The minimum absolute atomic E-state index is 0.722. The SMILES string of the molecule is Cc1cc(OCCCN(C)C)c(Br)cc1N. The maximum Gasteiger partial charge on any atom is 0.133 e. The lowest BCUT2D eigenvalue weighted by Crippen LogP contribution is -2.15. The van der Waals surface area contributed by atoms with E-state index in [0.29, 0.717) is 0 Å². The number of benzene rings is 1. The minimum atomic E-state index is 0.722. The molecule has 16 heavy (non-hydrogen) atoms. The van der Waals surface area contributed by atoms with Crippen molar-refractivity contribution in [1.29, 1.82) is 0 Å². The fraction of sp³-hybridized carbons (Fsp3) is 0.500. The Labute approximate surface area is 106 Å². The predicted molar refractivity (Wildman–Crippen MR) is 72.0 cm³/mol. The van der Waals surface area contributed by atoms with E-state index in [4.69, 9.17) is 10.5 Å². The van der Waals surface area contributed by atoms with Crippen LogP contribution >= 0.6 is 15.9 Å². The van der Waals surface area contributed by atoms with E-state index in [1.807, 2.05) is 19.1 Å². The zero-order chi connectivity index (χ0) is 12.1. The third kappa shape index (κ3) is 4.02. The molecule has 0 bridgehead atoms. The number of nitrogens with zero attached hydrogens (tertiary/aromatic N) is 1. The van der Waals surface area contributed by atoms with Crippen molar-refractivity contribution in [2.45, 2.75) is 13.3 Å². The van der Waals surface area contributed by atoms with E-state index in [1.165, 1.54) is 0 Å². The van der Waals surface area contributed by atoms with Crippen LogP contribution in [0, 0.1) is 6.92 Å². The van der Waals surface area contributed by atoms with Crippen LogP contribution in [0.5, 0.6) is 5.75 Å². The summed E-state index contributed by atoms with van der Waals surface area (Å²) >= 11 is 3.45. The maximum absolute atomic E-state index is 5.79. The van der Waals surface area contributed by atoms with E-state index in [9.17, 15) is 0 Å². The molecule has 0 aromatic heterocycles. The Morgan fingerprint density at radius 1 is 1.38 bits per heavy atom. The first-order valence-corrected chi connectivity index (χ1v) is 6.13. The number of halogens is 1. The van der Waals surface area contributed by atoms with Crippen LogP contribution in [0.2, 0.25) is 0 Å². The van der Waals surface area contributed by atoms with Gasteiger partial charge in [0.25, 0.3) is 0 Å². The number of hydrogen-bond donors (Lipinski definition) is 1. The molecule has 90 valence electrons. The Hall–Kier alpha value is -0.740. The number of hydrogen-bond acceptors (Lipinski definition) is 3. The van der Waals surface area contributed by atoms with Crippen LogP contribution in [0.15, 0.2) is 16.6 Å².